The van der Waals surface area contributed by atoms with Crippen LogP contribution in [0, 0.1) is 13.8 Å². The molecule has 0 bridgehead atoms. The van der Waals surface area contributed by atoms with Crippen LogP contribution in [0.25, 0.3) is 11.3 Å². The number of hydrogen-bond acceptors (Lipinski definition) is 3. The van der Waals surface area contributed by atoms with E-state index in [0.717, 1.165) is 5.56 Å². The molecule has 0 fully saturated rings. The van der Waals surface area contributed by atoms with Gasteiger partial charge in [0.2, 0.25) is 0 Å². The third-order valence-corrected chi connectivity index (χ3v) is 2.63. The van der Waals surface area contributed by atoms with E-state index in [0.29, 0.717) is 5.69 Å². The van der Waals surface area contributed by atoms with Crippen molar-refractivity contribution >= 4 is 5.82 Å². The molecule has 0 unspecified atom stereocenters. The lowest BCUT2D eigenvalue weighted by atomic mass is 10.0. The van der Waals surface area contributed by atoms with Gasteiger partial charge in [-0.3, -0.25) is 4.79 Å². The molecule has 1 aromatic heterocycles. The molecule has 4 nitrogen and oxygen atoms in total. The van der Waals surface area contributed by atoms with Gasteiger partial charge in [-0.15, -0.1) is 0 Å². The Bertz CT molecular complexity index is 587. The molecule has 16 heavy (non-hydrogen) atoms. The zero-order chi connectivity index (χ0) is 11.7. The Balaban J connectivity index is 2.55. The molecule has 0 amide bonds. The Labute approximate surface area is 93.2 Å². The summed E-state index contributed by atoms with van der Waals surface area (Å²) in [5, 5.41) is 0. The van der Waals surface area contributed by atoms with Crippen molar-refractivity contribution in [2.45, 2.75) is 13.8 Å². The molecule has 82 valence electrons. The SMILES string of the molecule is Cc1ccc(-c2cnc(N)c(=O)[nH]2)cc1C. The van der Waals surface area contributed by atoms with Crippen molar-refractivity contribution in [2.75, 3.05) is 5.73 Å². The predicted octanol–water partition coefficient (Wildman–Crippen LogP) is 1.64. The fourth-order valence-corrected chi connectivity index (χ4v) is 1.47. The molecule has 3 N–H and O–H groups in total. The normalized spacial score (nSPS) is 10.4. The summed E-state index contributed by atoms with van der Waals surface area (Å²) in [5.41, 5.74) is 9.03. The van der Waals surface area contributed by atoms with Crippen LogP contribution in [0.2, 0.25) is 0 Å². The number of anilines is 1. The van der Waals surface area contributed by atoms with Gasteiger partial charge in [-0.05, 0) is 36.6 Å². The molecule has 4 heteroatoms. The van der Waals surface area contributed by atoms with Gasteiger partial charge in [-0.2, -0.15) is 0 Å². The second-order valence-corrected chi connectivity index (χ2v) is 3.81. The molecule has 0 aliphatic heterocycles. The van der Waals surface area contributed by atoms with Crippen molar-refractivity contribution in [1.29, 1.82) is 0 Å². The van der Waals surface area contributed by atoms with Crippen LogP contribution in [-0.4, -0.2) is 9.97 Å². The summed E-state index contributed by atoms with van der Waals surface area (Å²) in [6.45, 7) is 4.07. The van der Waals surface area contributed by atoms with Gasteiger partial charge in [-0.25, -0.2) is 4.98 Å². The van der Waals surface area contributed by atoms with Crippen LogP contribution < -0.4 is 11.3 Å². The number of benzene rings is 1. The standard InChI is InChI=1S/C12H13N3O/c1-7-3-4-9(5-8(7)2)10-6-14-11(13)12(16)15-10/h3-6H,1-2H3,(H2,13,14)(H,15,16). The highest BCUT2D eigenvalue weighted by atomic mass is 16.1. The summed E-state index contributed by atoms with van der Waals surface area (Å²) in [5.74, 6) is -0.00687. The van der Waals surface area contributed by atoms with E-state index in [9.17, 15) is 4.79 Å². The van der Waals surface area contributed by atoms with Crippen LogP contribution in [0.3, 0.4) is 0 Å². The number of nitrogen functional groups attached to an aromatic ring is 1. The van der Waals surface area contributed by atoms with Gasteiger partial charge in [0.05, 0.1) is 11.9 Å². The number of aryl methyl sites for hydroxylation is 2. The second-order valence-electron chi connectivity index (χ2n) is 3.81. The highest BCUT2D eigenvalue weighted by molar-refractivity contribution is 5.60. The van der Waals surface area contributed by atoms with Crippen molar-refractivity contribution in [3.63, 3.8) is 0 Å². The summed E-state index contributed by atoms with van der Waals surface area (Å²) in [7, 11) is 0. The molecule has 0 aliphatic carbocycles. The molecular weight excluding hydrogens is 202 g/mol. The first-order valence-electron chi connectivity index (χ1n) is 5.00. The van der Waals surface area contributed by atoms with Gasteiger partial charge >= 0.3 is 0 Å². The molecule has 1 aromatic carbocycles. The molecule has 0 spiro atoms. The molecule has 0 saturated heterocycles. The summed E-state index contributed by atoms with van der Waals surface area (Å²) in [4.78, 5) is 17.9. The van der Waals surface area contributed by atoms with Crippen molar-refractivity contribution in [1.82, 2.24) is 9.97 Å². The predicted molar refractivity (Wildman–Crippen MR) is 64.2 cm³/mol. The average molecular weight is 215 g/mol. The van der Waals surface area contributed by atoms with Gasteiger partial charge in [0.15, 0.2) is 5.82 Å². The summed E-state index contributed by atoms with van der Waals surface area (Å²) in [6, 6.07) is 5.98. The maximum atomic E-state index is 11.3. The van der Waals surface area contributed by atoms with Gasteiger partial charge in [0, 0.05) is 0 Å². The molecule has 2 rings (SSSR count). The number of H-pyrrole nitrogens is 1. The summed E-state index contributed by atoms with van der Waals surface area (Å²) >= 11 is 0. The topological polar surface area (TPSA) is 71.8 Å². The number of aromatic amines is 1. The number of rotatable bonds is 1. The van der Waals surface area contributed by atoms with Gasteiger partial charge in [0.1, 0.15) is 0 Å². The highest BCUT2D eigenvalue weighted by Crippen LogP contribution is 2.18. The van der Waals surface area contributed by atoms with Gasteiger partial charge < -0.3 is 10.7 Å². The van der Waals surface area contributed by atoms with Crippen molar-refractivity contribution in [2.24, 2.45) is 0 Å². The minimum atomic E-state index is -0.351. The maximum Gasteiger partial charge on any atom is 0.290 e. The first kappa shape index (κ1) is 10.4. The monoisotopic (exact) mass is 215 g/mol. The van der Waals surface area contributed by atoms with E-state index >= 15 is 0 Å². The van der Waals surface area contributed by atoms with Crippen LogP contribution in [-0.2, 0) is 0 Å². The molecule has 0 aliphatic rings. The largest absolute Gasteiger partial charge is 0.379 e. The molecule has 2 aromatic rings. The fourth-order valence-electron chi connectivity index (χ4n) is 1.47. The lowest BCUT2D eigenvalue weighted by Crippen LogP contribution is -2.14. The number of aromatic nitrogens is 2. The number of nitrogens with two attached hydrogens (primary N) is 1. The minimum absolute atomic E-state index is 0.00687. The molecule has 0 radical (unpaired) electrons. The maximum absolute atomic E-state index is 11.3. The van der Waals surface area contributed by atoms with Crippen molar-refractivity contribution in [3.8, 4) is 11.3 Å². The first-order chi connectivity index (χ1) is 7.58. The van der Waals surface area contributed by atoms with E-state index in [1.165, 1.54) is 11.1 Å². The fraction of sp³-hybridized carbons (Fsp3) is 0.167. The number of nitrogens with zero attached hydrogens (tertiary/aromatic N) is 1. The van der Waals surface area contributed by atoms with Crippen LogP contribution in [0.5, 0.6) is 0 Å². The van der Waals surface area contributed by atoms with E-state index in [1.807, 2.05) is 32.0 Å². The molecule has 0 saturated carbocycles. The lowest BCUT2D eigenvalue weighted by molar-refractivity contribution is 1.15. The summed E-state index contributed by atoms with van der Waals surface area (Å²) < 4.78 is 0. The third-order valence-electron chi connectivity index (χ3n) is 2.63. The van der Waals surface area contributed by atoms with Crippen LogP contribution in [0.1, 0.15) is 11.1 Å². The highest BCUT2D eigenvalue weighted by Gasteiger charge is 2.02. The van der Waals surface area contributed by atoms with E-state index in [4.69, 9.17) is 5.73 Å². The Morgan fingerprint density at radius 3 is 2.62 bits per heavy atom. The minimum Gasteiger partial charge on any atom is -0.379 e. The van der Waals surface area contributed by atoms with Crippen LogP contribution in [0.4, 0.5) is 5.82 Å². The lowest BCUT2D eigenvalue weighted by Gasteiger charge is -2.05. The number of nitrogens with one attached hydrogen (secondary N) is 1. The zero-order valence-corrected chi connectivity index (χ0v) is 9.24. The van der Waals surface area contributed by atoms with E-state index in [-0.39, 0.29) is 11.4 Å². The molecule has 0 atom stereocenters. The van der Waals surface area contributed by atoms with Crippen LogP contribution >= 0.6 is 0 Å². The van der Waals surface area contributed by atoms with Gasteiger partial charge in [0.25, 0.3) is 5.56 Å². The molecule has 1 heterocycles. The van der Waals surface area contributed by atoms with E-state index in [1.54, 1.807) is 6.20 Å². The van der Waals surface area contributed by atoms with Crippen LogP contribution in [0.15, 0.2) is 29.2 Å². The van der Waals surface area contributed by atoms with Gasteiger partial charge in [-0.1, -0.05) is 12.1 Å². The first-order valence-corrected chi connectivity index (χ1v) is 5.00. The second kappa shape index (κ2) is 3.81. The Kier molecular flexibility index (Phi) is 2.48. The van der Waals surface area contributed by atoms with E-state index < -0.39 is 0 Å². The summed E-state index contributed by atoms with van der Waals surface area (Å²) in [6.07, 6.45) is 1.57. The van der Waals surface area contributed by atoms with Crippen molar-refractivity contribution in [3.05, 3.63) is 45.9 Å². The van der Waals surface area contributed by atoms with E-state index in [2.05, 4.69) is 9.97 Å². The number of hydrogen-bond donors (Lipinski definition) is 2. The van der Waals surface area contributed by atoms with Crippen molar-refractivity contribution < 1.29 is 0 Å². The Morgan fingerprint density at radius 1 is 1.25 bits per heavy atom. The Hall–Kier alpha value is -2.10. The Morgan fingerprint density at radius 2 is 2.00 bits per heavy atom. The third kappa shape index (κ3) is 1.82. The quantitative estimate of drug-likeness (QED) is 0.759. The average Bonchev–Trinajstić information content (AvgIpc) is 2.26. The zero-order valence-electron chi connectivity index (χ0n) is 9.24. The smallest absolute Gasteiger partial charge is 0.290 e. The molecular formula is C12H13N3O.